The summed E-state index contributed by atoms with van der Waals surface area (Å²) in [6.07, 6.45) is 0.973. The van der Waals surface area contributed by atoms with Crippen LogP contribution in [-0.2, 0) is 10.2 Å². The van der Waals surface area contributed by atoms with Crippen molar-refractivity contribution in [1.29, 1.82) is 0 Å². The van der Waals surface area contributed by atoms with Gasteiger partial charge in [-0.3, -0.25) is 4.79 Å². The molecule has 1 amide bonds. The molecule has 0 aliphatic rings. The molecule has 170 valence electrons. The quantitative estimate of drug-likeness (QED) is 0.422. The largest absolute Gasteiger partial charge is 0.494 e. The lowest BCUT2D eigenvalue weighted by atomic mass is 9.87. The smallest absolute Gasteiger partial charge is 0.260 e. The van der Waals surface area contributed by atoms with E-state index in [1.807, 2.05) is 51.1 Å². The summed E-state index contributed by atoms with van der Waals surface area (Å²) in [5.74, 6) is 1.97. The molecule has 6 nitrogen and oxygen atoms in total. The molecule has 0 aliphatic carbocycles. The average Bonchev–Trinajstić information content (AvgIpc) is 3.23. The molecule has 1 heterocycles. The first-order valence-electron chi connectivity index (χ1n) is 11.1. The fraction of sp³-hybridized carbons (Fsp3) is 0.423. The Morgan fingerprint density at radius 2 is 1.84 bits per heavy atom. The summed E-state index contributed by atoms with van der Waals surface area (Å²) in [5.41, 5.74) is 3.75. The first kappa shape index (κ1) is 23.5. The minimum atomic E-state index is -0.0733. The van der Waals surface area contributed by atoms with Crippen molar-refractivity contribution in [2.75, 3.05) is 11.9 Å². The maximum atomic E-state index is 12.6. The van der Waals surface area contributed by atoms with Crippen LogP contribution in [0.2, 0.25) is 0 Å². The molecule has 0 unspecified atom stereocenters. The zero-order valence-corrected chi connectivity index (χ0v) is 19.9. The number of benzene rings is 2. The maximum Gasteiger partial charge on any atom is 0.260 e. The molecule has 0 saturated heterocycles. The van der Waals surface area contributed by atoms with Gasteiger partial charge in [0.15, 0.2) is 5.82 Å². The Kier molecular flexibility index (Phi) is 7.33. The molecule has 32 heavy (non-hydrogen) atoms. The summed E-state index contributed by atoms with van der Waals surface area (Å²) >= 11 is 0. The van der Waals surface area contributed by atoms with Crippen LogP contribution >= 0.6 is 0 Å². The Hall–Kier alpha value is -3.15. The topological polar surface area (TPSA) is 77.3 Å². The average molecular weight is 436 g/mol. The van der Waals surface area contributed by atoms with Gasteiger partial charge in [-0.05, 0) is 48.1 Å². The van der Waals surface area contributed by atoms with Gasteiger partial charge in [0.1, 0.15) is 5.75 Å². The Bertz CT molecular complexity index is 1050. The monoisotopic (exact) mass is 435 g/mol. The highest BCUT2D eigenvalue weighted by Crippen LogP contribution is 2.31. The number of aromatic nitrogens is 2. The first-order chi connectivity index (χ1) is 15.1. The molecule has 0 spiro atoms. The van der Waals surface area contributed by atoms with Crippen LogP contribution in [-0.4, -0.2) is 22.7 Å². The van der Waals surface area contributed by atoms with E-state index < -0.39 is 0 Å². The van der Waals surface area contributed by atoms with Crippen molar-refractivity contribution in [3.8, 4) is 17.2 Å². The number of carbonyl (C=O) groups excluding carboxylic acids is 1. The predicted octanol–water partition coefficient (Wildman–Crippen LogP) is 6.26. The minimum absolute atomic E-state index is 0.0733. The predicted molar refractivity (Wildman–Crippen MR) is 127 cm³/mol. The molecule has 3 aromatic rings. The molecule has 0 bridgehead atoms. The van der Waals surface area contributed by atoms with Gasteiger partial charge in [-0.2, -0.15) is 4.98 Å². The van der Waals surface area contributed by atoms with E-state index in [2.05, 4.69) is 48.4 Å². The van der Waals surface area contributed by atoms with Gasteiger partial charge >= 0.3 is 0 Å². The molecule has 3 rings (SSSR count). The van der Waals surface area contributed by atoms with E-state index in [9.17, 15) is 4.79 Å². The summed E-state index contributed by atoms with van der Waals surface area (Å²) in [7, 11) is 0. The molecule has 0 radical (unpaired) electrons. The van der Waals surface area contributed by atoms with Gasteiger partial charge in [0.05, 0.1) is 17.9 Å². The minimum Gasteiger partial charge on any atom is -0.494 e. The Morgan fingerprint density at radius 3 is 2.47 bits per heavy atom. The van der Waals surface area contributed by atoms with Crippen molar-refractivity contribution in [1.82, 2.24) is 10.1 Å². The van der Waals surface area contributed by atoms with E-state index in [4.69, 9.17) is 9.26 Å². The number of hydrogen-bond donors (Lipinski definition) is 1. The molecule has 0 saturated carbocycles. The van der Waals surface area contributed by atoms with Gasteiger partial charge in [0.25, 0.3) is 5.89 Å². The van der Waals surface area contributed by atoms with E-state index in [0.29, 0.717) is 36.9 Å². The zero-order valence-electron chi connectivity index (χ0n) is 19.9. The molecule has 6 heteroatoms. The van der Waals surface area contributed by atoms with Gasteiger partial charge < -0.3 is 14.6 Å². The number of hydrogen-bond acceptors (Lipinski definition) is 5. The van der Waals surface area contributed by atoms with Gasteiger partial charge in [-0.25, -0.2) is 0 Å². The Labute approximate surface area is 190 Å². The number of para-hydroxylation sites is 1. The number of nitrogens with zero attached hydrogens (tertiary/aromatic N) is 2. The molecule has 0 aliphatic heterocycles. The SMILES string of the molecule is Cc1cccc(-c2nc(C(C)C)no2)c1NC(=O)CCCOc1ccc(C(C)(C)C)cc1. The van der Waals surface area contributed by atoms with Crippen molar-refractivity contribution in [2.24, 2.45) is 0 Å². The first-order valence-corrected chi connectivity index (χ1v) is 11.1. The number of anilines is 1. The number of nitrogens with one attached hydrogen (secondary N) is 1. The molecule has 0 fully saturated rings. The van der Waals surface area contributed by atoms with Crippen molar-refractivity contribution in [3.05, 3.63) is 59.4 Å². The van der Waals surface area contributed by atoms with Crippen LogP contribution in [0.1, 0.15) is 70.3 Å². The van der Waals surface area contributed by atoms with Crippen molar-refractivity contribution in [2.45, 2.75) is 65.7 Å². The summed E-state index contributed by atoms with van der Waals surface area (Å²) < 4.78 is 11.2. The van der Waals surface area contributed by atoms with Crippen LogP contribution in [0.25, 0.3) is 11.5 Å². The fourth-order valence-corrected chi connectivity index (χ4v) is 3.27. The van der Waals surface area contributed by atoms with Crippen LogP contribution in [0.4, 0.5) is 5.69 Å². The third kappa shape index (κ3) is 5.96. The lowest BCUT2D eigenvalue weighted by Crippen LogP contribution is -2.14. The highest BCUT2D eigenvalue weighted by molar-refractivity contribution is 5.95. The highest BCUT2D eigenvalue weighted by atomic mass is 16.5. The van der Waals surface area contributed by atoms with Crippen LogP contribution in [0, 0.1) is 6.92 Å². The zero-order chi connectivity index (χ0) is 23.3. The summed E-state index contributed by atoms with van der Waals surface area (Å²) in [4.78, 5) is 17.1. The summed E-state index contributed by atoms with van der Waals surface area (Å²) in [6, 6.07) is 13.9. The van der Waals surface area contributed by atoms with Crippen molar-refractivity contribution >= 4 is 11.6 Å². The molecule has 0 atom stereocenters. The van der Waals surface area contributed by atoms with Crippen molar-refractivity contribution in [3.63, 3.8) is 0 Å². The van der Waals surface area contributed by atoms with E-state index in [-0.39, 0.29) is 17.2 Å². The number of carbonyl (C=O) groups is 1. The summed E-state index contributed by atoms with van der Waals surface area (Å²) in [6.45, 7) is 13.0. The van der Waals surface area contributed by atoms with E-state index in [1.54, 1.807) is 0 Å². The van der Waals surface area contributed by atoms with Crippen molar-refractivity contribution < 1.29 is 14.1 Å². The number of rotatable bonds is 8. The fourth-order valence-electron chi connectivity index (χ4n) is 3.27. The second-order valence-electron chi connectivity index (χ2n) is 9.38. The van der Waals surface area contributed by atoms with Crippen LogP contribution in [0.5, 0.6) is 5.75 Å². The van der Waals surface area contributed by atoms with Crippen LogP contribution in [0.15, 0.2) is 47.0 Å². The van der Waals surface area contributed by atoms with E-state index in [0.717, 1.165) is 16.9 Å². The number of aryl methyl sites for hydroxylation is 1. The van der Waals surface area contributed by atoms with E-state index >= 15 is 0 Å². The molecular weight excluding hydrogens is 402 g/mol. The standard InChI is InChI=1S/C26H33N3O3/c1-17(2)24-28-25(32-29-24)21-10-7-9-18(3)23(21)27-22(30)11-8-16-31-20-14-12-19(13-15-20)26(4,5)6/h7,9-10,12-15,17H,8,11,16H2,1-6H3,(H,27,30). The molecule has 1 N–H and O–H groups in total. The second-order valence-corrected chi connectivity index (χ2v) is 9.38. The third-order valence-electron chi connectivity index (χ3n) is 5.26. The van der Waals surface area contributed by atoms with Gasteiger partial charge in [-0.1, -0.05) is 64.0 Å². The molecule has 2 aromatic carbocycles. The number of amides is 1. The molecular formula is C26H33N3O3. The van der Waals surface area contributed by atoms with Gasteiger partial charge in [0.2, 0.25) is 5.91 Å². The highest BCUT2D eigenvalue weighted by Gasteiger charge is 2.18. The Morgan fingerprint density at radius 1 is 1.12 bits per heavy atom. The maximum absolute atomic E-state index is 12.6. The second kappa shape index (κ2) is 9.98. The third-order valence-corrected chi connectivity index (χ3v) is 5.26. The number of ether oxygens (including phenoxy) is 1. The Balaban J connectivity index is 1.56. The van der Waals surface area contributed by atoms with Crippen LogP contribution in [0.3, 0.4) is 0 Å². The lowest BCUT2D eigenvalue weighted by Gasteiger charge is -2.19. The van der Waals surface area contributed by atoms with Gasteiger partial charge in [-0.15, -0.1) is 0 Å². The summed E-state index contributed by atoms with van der Waals surface area (Å²) in [5, 5.41) is 7.05. The normalized spacial score (nSPS) is 11.6. The van der Waals surface area contributed by atoms with Gasteiger partial charge in [0, 0.05) is 12.3 Å². The molecule has 1 aromatic heterocycles. The lowest BCUT2D eigenvalue weighted by molar-refractivity contribution is -0.116. The van der Waals surface area contributed by atoms with Crippen LogP contribution < -0.4 is 10.1 Å². The van der Waals surface area contributed by atoms with E-state index in [1.165, 1.54) is 5.56 Å².